The van der Waals surface area contributed by atoms with E-state index in [9.17, 15) is 10.2 Å². The number of hydrogen-bond acceptors (Lipinski definition) is 2. The smallest absolute Gasteiger partial charge is 0.123 e. The molecule has 0 heterocycles. The minimum Gasteiger partial charge on any atom is -0.508 e. The fraction of sp³-hybridized carbons (Fsp3) is 0.0476. The van der Waals surface area contributed by atoms with Gasteiger partial charge in [-0.1, -0.05) is 42.5 Å². The topological polar surface area (TPSA) is 40.5 Å². The van der Waals surface area contributed by atoms with Gasteiger partial charge >= 0.3 is 0 Å². The lowest BCUT2D eigenvalue weighted by molar-refractivity contribution is 0.458. The van der Waals surface area contributed by atoms with Gasteiger partial charge in [-0.3, -0.25) is 0 Å². The molecule has 23 heavy (non-hydrogen) atoms. The minimum atomic E-state index is 0.181. The number of phenolic OH excluding ortho intramolecular Hbond substituents is 2. The Kier molecular flexibility index (Phi) is 2.98. The van der Waals surface area contributed by atoms with Crippen LogP contribution in [0.25, 0.3) is 32.7 Å². The first-order chi connectivity index (χ1) is 11.1. The molecule has 0 aromatic heterocycles. The summed E-state index contributed by atoms with van der Waals surface area (Å²) in [6.07, 6.45) is 0. The van der Waals surface area contributed by atoms with E-state index in [1.54, 1.807) is 0 Å². The summed E-state index contributed by atoms with van der Waals surface area (Å²) in [5.74, 6) is 0.372. The molecule has 4 rings (SSSR count). The highest BCUT2D eigenvalue weighted by molar-refractivity contribution is 6.06. The van der Waals surface area contributed by atoms with Gasteiger partial charge in [0.15, 0.2) is 0 Å². The Labute approximate surface area is 134 Å². The Bertz CT molecular complexity index is 1050. The van der Waals surface area contributed by atoms with E-state index in [1.165, 1.54) is 17.5 Å². The molecule has 2 N–H and O–H groups in total. The summed E-state index contributed by atoms with van der Waals surface area (Å²) in [6, 6.07) is 21.6. The van der Waals surface area contributed by atoms with Gasteiger partial charge in [0, 0.05) is 11.1 Å². The Morgan fingerprint density at radius 1 is 0.652 bits per heavy atom. The highest BCUT2D eigenvalue weighted by Gasteiger charge is 2.14. The van der Waals surface area contributed by atoms with Crippen LogP contribution in [-0.4, -0.2) is 10.2 Å². The van der Waals surface area contributed by atoms with Crippen molar-refractivity contribution < 1.29 is 10.2 Å². The second kappa shape index (κ2) is 5.03. The van der Waals surface area contributed by atoms with E-state index in [0.29, 0.717) is 11.1 Å². The molecule has 0 aliphatic heterocycles. The van der Waals surface area contributed by atoms with Crippen LogP contribution >= 0.6 is 0 Å². The fourth-order valence-electron chi connectivity index (χ4n) is 3.21. The van der Waals surface area contributed by atoms with Crippen LogP contribution in [0.2, 0.25) is 0 Å². The highest BCUT2D eigenvalue weighted by atomic mass is 16.3. The van der Waals surface area contributed by atoms with Crippen molar-refractivity contribution in [3.63, 3.8) is 0 Å². The second-order valence-electron chi connectivity index (χ2n) is 5.83. The fourth-order valence-corrected chi connectivity index (χ4v) is 3.21. The van der Waals surface area contributed by atoms with Gasteiger partial charge < -0.3 is 10.2 Å². The van der Waals surface area contributed by atoms with Crippen LogP contribution in [0.15, 0.2) is 66.7 Å². The van der Waals surface area contributed by atoms with Crippen molar-refractivity contribution in [3.8, 4) is 22.6 Å². The van der Waals surface area contributed by atoms with Crippen molar-refractivity contribution in [1.82, 2.24) is 0 Å². The van der Waals surface area contributed by atoms with Crippen LogP contribution in [0.5, 0.6) is 11.5 Å². The predicted octanol–water partition coefficient (Wildman–Crippen LogP) is 5.38. The quantitative estimate of drug-likeness (QED) is 0.366. The number of fused-ring (bicyclic) bond motifs is 2. The van der Waals surface area contributed by atoms with Gasteiger partial charge in [-0.25, -0.2) is 0 Å². The molecular formula is C21H16O2. The highest BCUT2D eigenvalue weighted by Crippen LogP contribution is 2.40. The number of hydrogen-bond donors (Lipinski definition) is 2. The summed E-state index contributed by atoms with van der Waals surface area (Å²) in [6.45, 7) is 1.82. The molecule has 0 spiro atoms. The maximum Gasteiger partial charge on any atom is 0.123 e. The van der Waals surface area contributed by atoms with Crippen molar-refractivity contribution in [1.29, 1.82) is 0 Å². The van der Waals surface area contributed by atoms with Crippen LogP contribution in [0.4, 0.5) is 0 Å². The average Bonchev–Trinajstić information content (AvgIpc) is 2.57. The van der Waals surface area contributed by atoms with Gasteiger partial charge in [0.25, 0.3) is 0 Å². The zero-order chi connectivity index (χ0) is 16.0. The third-order valence-corrected chi connectivity index (χ3v) is 4.43. The standard InChI is InChI=1S/C21H16O2/c1-13-19(22)9-10-20(23)21(13)17-8-4-7-16-11-14-5-2-3-6-15(14)12-18(16)17/h2-12,22-23H,1H3. The first-order valence-electron chi connectivity index (χ1n) is 7.58. The van der Waals surface area contributed by atoms with Gasteiger partial charge in [-0.05, 0) is 58.3 Å². The molecule has 112 valence electrons. The van der Waals surface area contributed by atoms with E-state index in [4.69, 9.17) is 0 Å². The van der Waals surface area contributed by atoms with Crippen LogP contribution < -0.4 is 0 Å². The normalized spacial score (nSPS) is 11.2. The van der Waals surface area contributed by atoms with E-state index in [1.807, 2.05) is 31.2 Å². The number of rotatable bonds is 1. The van der Waals surface area contributed by atoms with Crippen LogP contribution in [-0.2, 0) is 0 Å². The summed E-state index contributed by atoms with van der Waals surface area (Å²) >= 11 is 0. The lowest BCUT2D eigenvalue weighted by atomic mass is 9.92. The van der Waals surface area contributed by atoms with E-state index in [-0.39, 0.29) is 11.5 Å². The third-order valence-electron chi connectivity index (χ3n) is 4.43. The molecular weight excluding hydrogens is 284 g/mol. The first-order valence-corrected chi connectivity index (χ1v) is 7.58. The van der Waals surface area contributed by atoms with E-state index in [0.717, 1.165) is 21.7 Å². The molecule has 4 aromatic rings. The van der Waals surface area contributed by atoms with Crippen molar-refractivity contribution in [2.45, 2.75) is 6.92 Å². The molecule has 0 radical (unpaired) electrons. The molecule has 2 heteroatoms. The first kappa shape index (κ1) is 13.6. The van der Waals surface area contributed by atoms with Gasteiger partial charge in [-0.15, -0.1) is 0 Å². The molecule has 0 amide bonds. The van der Waals surface area contributed by atoms with Crippen LogP contribution in [0, 0.1) is 6.92 Å². The lowest BCUT2D eigenvalue weighted by Crippen LogP contribution is -1.88. The zero-order valence-electron chi connectivity index (χ0n) is 12.7. The molecule has 0 unspecified atom stereocenters. The number of aromatic hydroxyl groups is 2. The largest absolute Gasteiger partial charge is 0.508 e. The van der Waals surface area contributed by atoms with Gasteiger partial charge in [-0.2, -0.15) is 0 Å². The maximum absolute atomic E-state index is 10.3. The van der Waals surface area contributed by atoms with E-state index >= 15 is 0 Å². The predicted molar refractivity (Wildman–Crippen MR) is 95.0 cm³/mol. The van der Waals surface area contributed by atoms with Crippen molar-refractivity contribution in [3.05, 3.63) is 72.3 Å². The van der Waals surface area contributed by atoms with Crippen LogP contribution in [0.3, 0.4) is 0 Å². The van der Waals surface area contributed by atoms with Gasteiger partial charge in [0.05, 0.1) is 0 Å². The molecule has 0 saturated carbocycles. The second-order valence-corrected chi connectivity index (χ2v) is 5.83. The van der Waals surface area contributed by atoms with Gasteiger partial charge in [0.2, 0.25) is 0 Å². The maximum atomic E-state index is 10.3. The monoisotopic (exact) mass is 300 g/mol. The summed E-state index contributed by atoms with van der Waals surface area (Å²) in [4.78, 5) is 0. The molecule has 0 fully saturated rings. The lowest BCUT2D eigenvalue weighted by Gasteiger charge is -2.13. The van der Waals surface area contributed by atoms with Crippen molar-refractivity contribution >= 4 is 21.5 Å². The molecule has 0 aliphatic rings. The van der Waals surface area contributed by atoms with E-state index in [2.05, 4.69) is 30.3 Å². The third kappa shape index (κ3) is 2.11. The molecule has 0 saturated heterocycles. The Hall–Kier alpha value is -3.00. The molecule has 4 aromatic carbocycles. The van der Waals surface area contributed by atoms with Crippen molar-refractivity contribution in [2.75, 3.05) is 0 Å². The summed E-state index contributed by atoms with van der Waals surface area (Å²) in [7, 11) is 0. The average molecular weight is 300 g/mol. The van der Waals surface area contributed by atoms with Crippen molar-refractivity contribution in [2.24, 2.45) is 0 Å². The van der Waals surface area contributed by atoms with E-state index < -0.39 is 0 Å². The SMILES string of the molecule is Cc1c(O)ccc(O)c1-c1cccc2cc3ccccc3cc12. The zero-order valence-corrected chi connectivity index (χ0v) is 12.7. The molecule has 0 bridgehead atoms. The summed E-state index contributed by atoms with van der Waals surface area (Å²) < 4.78 is 0. The summed E-state index contributed by atoms with van der Waals surface area (Å²) in [5, 5.41) is 24.9. The van der Waals surface area contributed by atoms with Gasteiger partial charge in [0.1, 0.15) is 11.5 Å². The molecule has 0 aliphatic carbocycles. The Morgan fingerprint density at radius 2 is 1.30 bits per heavy atom. The number of benzene rings is 4. The van der Waals surface area contributed by atoms with Crippen LogP contribution in [0.1, 0.15) is 5.56 Å². The number of phenols is 2. The molecule has 2 nitrogen and oxygen atoms in total. The minimum absolute atomic E-state index is 0.181. The molecule has 0 atom stereocenters. The Balaban J connectivity index is 2.12. The summed E-state index contributed by atoms with van der Waals surface area (Å²) in [5.41, 5.74) is 2.30. The Morgan fingerprint density at radius 3 is 2.09 bits per heavy atom.